The van der Waals surface area contributed by atoms with Gasteiger partial charge in [0.05, 0.1) is 16.9 Å². The highest BCUT2D eigenvalue weighted by atomic mass is 32.2. The summed E-state index contributed by atoms with van der Waals surface area (Å²) in [6.45, 7) is 1.69. The van der Waals surface area contributed by atoms with Crippen LogP contribution < -0.4 is 10.2 Å². The molecule has 9 heteroatoms. The lowest BCUT2D eigenvalue weighted by Crippen LogP contribution is -2.46. The lowest BCUT2D eigenvalue weighted by atomic mass is 10.0. The Morgan fingerprint density at radius 3 is 2.89 bits per heavy atom. The van der Waals surface area contributed by atoms with Crippen LogP contribution in [-0.4, -0.2) is 34.8 Å². The number of hydrogen-bond donors (Lipinski definition) is 1. The number of allylic oxidation sites excluding steroid dienone is 3. The van der Waals surface area contributed by atoms with Crippen molar-refractivity contribution in [3.05, 3.63) is 41.5 Å². The predicted octanol–water partition coefficient (Wildman–Crippen LogP) is 3.90. The minimum Gasteiger partial charge on any atom is -0.321 e. The highest BCUT2D eigenvalue weighted by Crippen LogP contribution is 2.38. The van der Waals surface area contributed by atoms with Gasteiger partial charge >= 0.3 is 6.18 Å². The van der Waals surface area contributed by atoms with Crippen molar-refractivity contribution in [2.24, 2.45) is 5.92 Å². The number of carbonyl (C=O) groups is 2. The molecule has 5 nitrogen and oxygen atoms in total. The quantitative estimate of drug-likeness (QED) is 0.837. The number of amides is 2. The first-order valence-corrected chi connectivity index (χ1v) is 9.35. The topological polar surface area (TPSA) is 62.3 Å². The summed E-state index contributed by atoms with van der Waals surface area (Å²) in [4.78, 5) is 31.0. The van der Waals surface area contributed by atoms with E-state index in [0.29, 0.717) is 22.8 Å². The molecular weight excluding hydrogens is 379 g/mol. The Hall–Kier alpha value is -2.29. The number of rotatable bonds is 4. The highest BCUT2D eigenvalue weighted by Gasteiger charge is 2.38. The molecule has 144 valence electrons. The van der Waals surface area contributed by atoms with E-state index in [2.05, 4.69) is 10.3 Å². The molecule has 27 heavy (non-hydrogen) atoms. The van der Waals surface area contributed by atoms with Crippen LogP contribution in [-0.2, 0) is 9.59 Å². The second kappa shape index (κ2) is 7.75. The standard InChI is InChI=1S/C18H18F3N3O2S/c1-2-14(27-12-7-5-11(6-8-12)18(19,20)21)17(26)24-10-15(25)23-13-4-3-9-22-16(13)24/h3-5,7-9,11,14H,2,6,10H2,1H3,(H,23,25). The summed E-state index contributed by atoms with van der Waals surface area (Å²) in [5.41, 5.74) is 0.465. The van der Waals surface area contributed by atoms with E-state index in [1.165, 1.54) is 35.0 Å². The number of pyridine rings is 1. The van der Waals surface area contributed by atoms with Crippen molar-refractivity contribution < 1.29 is 22.8 Å². The molecule has 0 saturated carbocycles. The Bertz CT molecular complexity index is 807. The van der Waals surface area contributed by atoms with Gasteiger partial charge in [-0.15, -0.1) is 11.8 Å². The summed E-state index contributed by atoms with van der Waals surface area (Å²) in [5.74, 6) is -1.70. The van der Waals surface area contributed by atoms with Crippen molar-refractivity contribution in [1.29, 1.82) is 0 Å². The maximum absolute atomic E-state index is 13.0. The molecule has 0 spiro atoms. The third-order valence-corrected chi connectivity index (χ3v) is 5.69. The Balaban J connectivity index is 1.74. The average molecular weight is 397 g/mol. The molecule has 0 bridgehead atoms. The summed E-state index contributed by atoms with van der Waals surface area (Å²) in [6, 6.07) is 3.32. The van der Waals surface area contributed by atoms with Crippen LogP contribution in [0.1, 0.15) is 19.8 Å². The zero-order valence-electron chi connectivity index (χ0n) is 14.5. The smallest absolute Gasteiger partial charge is 0.321 e. The summed E-state index contributed by atoms with van der Waals surface area (Å²) in [7, 11) is 0. The van der Waals surface area contributed by atoms with Crippen molar-refractivity contribution in [1.82, 2.24) is 4.98 Å². The van der Waals surface area contributed by atoms with E-state index in [9.17, 15) is 22.8 Å². The molecule has 2 aliphatic rings. The number of nitrogens with one attached hydrogen (secondary N) is 1. The SMILES string of the molecule is CCC(SC1=CCC(C(F)(F)F)C=C1)C(=O)N1CC(=O)Nc2cccnc21. The Morgan fingerprint density at radius 1 is 1.48 bits per heavy atom. The van der Waals surface area contributed by atoms with Crippen LogP contribution in [0.3, 0.4) is 0 Å². The maximum atomic E-state index is 13.0. The Morgan fingerprint density at radius 2 is 2.26 bits per heavy atom. The van der Waals surface area contributed by atoms with E-state index in [0.717, 1.165) is 6.08 Å². The van der Waals surface area contributed by atoms with Crippen LogP contribution in [0.5, 0.6) is 0 Å². The molecule has 1 N–H and O–H groups in total. The van der Waals surface area contributed by atoms with E-state index in [1.807, 2.05) is 6.92 Å². The molecule has 2 unspecified atom stereocenters. The fourth-order valence-corrected chi connectivity index (χ4v) is 3.95. The van der Waals surface area contributed by atoms with Crippen LogP contribution in [0.15, 0.2) is 41.5 Å². The van der Waals surface area contributed by atoms with E-state index < -0.39 is 17.3 Å². The van der Waals surface area contributed by atoms with Crippen molar-refractivity contribution in [3.8, 4) is 0 Å². The van der Waals surface area contributed by atoms with E-state index in [1.54, 1.807) is 12.1 Å². The highest BCUT2D eigenvalue weighted by molar-refractivity contribution is 8.04. The van der Waals surface area contributed by atoms with Crippen LogP contribution in [0.25, 0.3) is 0 Å². The van der Waals surface area contributed by atoms with Gasteiger partial charge in [0.25, 0.3) is 0 Å². The Kier molecular flexibility index (Phi) is 5.59. The minimum absolute atomic E-state index is 0.134. The normalized spacial score (nSPS) is 20.6. The zero-order chi connectivity index (χ0) is 19.6. The number of halogens is 3. The molecule has 1 aromatic heterocycles. The fraction of sp³-hybridized carbons (Fsp3) is 0.389. The molecule has 1 aliphatic heterocycles. The second-order valence-electron chi connectivity index (χ2n) is 6.21. The average Bonchev–Trinajstić information content (AvgIpc) is 2.64. The lowest BCUT2D eigenvalue weighted by molar-refractivity contribution is -0.160. The van der Waals surface area contributed by atoms with Gasteiger partial charge in [0, 0.05) is 11.1 Å². The number of thioether (sulfide) groups is 1. The van der Waals surface area contributed by atoms with E-state index >= 15 is 0 Å². The molecule has 0 fully saturated rings. The van der Waals surface area contributed by atoms with Crippen LogP contribution in [0, 0.1) is 5.92 Å². The van der Waals surface area contributed by atoms with Crippen molar-refractivity contribution in [3.63, 3.8) is 0 Å². The maximum Gasteiger partial charge on any atom is 0.395 e. The van der Waals surface area contributed by atoms with E-state index in [4.69, 9.17) is 0 Å². The molecule has 2 amide bonds. The number of carbonyl (C=O) groups excluding carboxylic acids is 2. The van der Waals surface area contributed by atoms with Gasteiger partial charge in [-0.05, 0) is 25.0 Å². The monoisotopic (exact) mass is 397 g/mol. The van der Waals surface area contributed by atoms with Gasteiger partial charge in [0.2, 0.25) is 11.8 Å². The van der Waals surface area contributed by atoms with Crippen molar-refractivity contribution >= 4 is 35.1 Å². The van der Waals surface area contributed by atoms with Gasteiger partial charge in [-0.1, -0.05) is 25.2 Å². The predicted molar refractivity (Wildman–Crippen MR) is 98.3 cm³/mol. The number of alkyl halides is 3. The number of aromatic nitrogens is 1. The second-order valence-corrected chi connectivity index (χ2v) is 7.49. The first-order valence-electron chi connectivity index (χ1n) is 8.47. The summed E-state index contributed by atoms with van der Waals surface area (Å²) < 4.78 is 38.3. The first kappa shape index (κ1) is 19.5. The fourth-order valence-electron chi connectivity index (χ4n) is 2.88. The van der Waals surface area contributed by atoms with Gasteiger partial charge in [-0.25, -0.2) is 4.98 Å². The molecule has 0 saturated heterocycles. The molecule has 2 heterocycles. The Labute approximate surface area is 158 Å². The number of hydrogen-bond acceptors (Lipinski definition) is 4. The third kappa shape index (κ3) is 4.35. The lowest BCUT2D eigenvalue weighted by Gasteiger charge is -2.30. The molecule has 3 rings (SSSR count). The summed E-state index contributed by atoms with van der Waals surface area (Å²) >= 11 is 1.21. The van der Waals surface area contributed by atoms with Gasteiger partial charge in [0.15, 0.2) is 5.82 Å². The van der Waals surface area contributed by atoms with Gasteiger partial charge in [-0.3, -0.25) is 14.5 Å². The van der Waals surface area contributed by atoms with Gasteiger partial charge in [-0.2, -0.15) is 13.2 Å². The number of anilines is 2. The number of fused-ring (bicyclic) bond motifs is 1. The van der Waals surface area contributed by atoms with Crippen molar-refractivity contribution in [2.45, 2.75) is 31.2 Å². The molecule has 0 radical (unpaired) electrons. The van der Waals surface area contributed by atoms with Crippen molar-refractivity contribution in [2.75, 3.05) is 16.8 Å². The summed E-state index contributed by atoms with van der Waals surface area (Å²) in [5, 5.41) is 2.15. The largest absolute Gasteiger partial charge is 0.395 e. The molecule has 2 atom stereocenters. The summed E-state index contributed by atoms with van der Waals surface area (Å²) in [6.07, 6.45) is 1.66. The first-order chi connectivity index (χ1) is 12.8. The van der Waals surface area contributed by atoms with Gasteiger partial charge < -0.3 is 5.32 Å². The zero-order valence-corrected chi connectivity index (χ0v) is 15.3. The molecule has 1 aromatic rings. The van der Waals surface area contributed by atoms with E-state index in [-0.39, 0.29) is 24.8 Å². The third-order valence-electron chi connectivity index (χ3n) is 4.29. The van der Waals surface area contributed by atoms with Gasteiger partial charge in [0.1, 0.15) is 6.54 Å². The molecular formula is C18H18F3N3O2S. The van der Waals surface area contributed by atoms with Crippen LogP contribution >= 0.6 is 11.8 Å². The molecule has 1 aliphatic carbocycles. The van der Waals surface area contributed by atoms with Crippen LogP contribution in [0.2, 0.25) is 0 Å². The number of nitrogens with zero attached hydrogens (tertiary/aromatic N) is 2. The van der Waals surface area contributed by atoms with Crippen LogP contribution in [0.4, 0.5) is 24.7 Å². The molecule has 0 aromatic carbocycles. The minimum atomic E-state index is -4.26.